The lowest BCUT2D eigenvalue weighted by Gasteiger charge is -2.13. The van der Waals surface area contributed by atoms with Crippen LogP contribution in [0.5, 0.6) is 11.5 Å². The van der Waals surface area contributed by atoms with Crippen molar-refractivity contribution in [2.45, 2.75) is 13.1 Å². The second-order valence-electron chi connectivity index (χ2n) is 6.50. The minimum atomic E-state index is -0.348. The molecule has 0 aliphatic carbocycles. The van der Waals surface area contributed by atoms with Crippen molar-refractivity contribution in [3.63, 3.8) is 0 Å². The quantitative estimate of drug-likeness (QED) is 0.564. The smallest absolute Gasteiger partial charge is 0.321 e. The highest BCUT2D eigenvalue weighted by atomic mass is 16.5. The van der Waals surface area contributed by atoms with Gasteiger partial charge in [-0.05, 0) is 29.8 Å². The molecule has 30 heavy (non-hydrogen) atoms. The summed E-state index contributed by atoms with van der Waals surface area (Å²) < 4.78 is 17.7. The number of anilines is 1. The zero-order valence-corrected chi connectivity index (χ0v) is 17.3. The number of carbonyl (C=O) groups excluding carboxylic acids is 1. The summed E-state index contributed by atoms with van der Waals surface area (Å²) in [4.78, 5) is 16.9. The second-order valence-corrected chi connectivity index (χ2v) is 6.50. The molecule has 1 aromatic heterocycles. The van der Waals surface area contributed by atoms with Gasteiger partial charge in [0.1, 0.15) is 11.5 Å². The molecule has 0 fully saturated rings. The molecule has 0 saturated heterocycles. The van der Waals surface area contributed by atoms with Crippen molar-refractivity contribution in [1.29, 1.82) is 0 Å². The van der Waals surface area contributed by atoms with Crippen molar-refractivity contribution in [1.82, 2.24) is 14.9 Å². The Morgan fingerprint density at radius 2 is 1.77 bits per heavy atom. The summed E-state index contributed by atoms with van der Waals surface area (Å²) in [6.45, 7) is 1.38. The minimum Gasteiger partial charge on any atom is -0.497 e. The number of hydrogen-bond donors (Lipinski definition) is 2. The number of nitrogens with one attached hydrogen (secondary N) is 2. The van der Waals surface area contributed by atoms with E-state index in [4.69, 9.17) is 14.2 Å². The van der Waals surface area contributed by atoms with Gasteiger partial charge in [-0.25, -0.2) is 9.78 Å². The molecule has 0 radical (unpaired) electrons. The monoisotopic (exact) mass is 410 g/mol. The topological polar surface area (TPSA) is 86.6 Å². The zero-order chi connectivity index (χ0) is 21.3. The lowest BCUT2D eigenvalue weighted by atomic mass is 10.1. The highest BCUT2D eigenvalue weighted by molar-refractivity contribution is 5.88. The van der Waals surface area contributed by atoms with Crippen LogP contribution in [0.1, 0.15) is 5.56 Å². The number of nitrogens with zero attached hydrogens (tertiary/aromatic N) is 2. The number of rotatable bonds is 9. The lowest BCUT2D eigenvalue weighted by Crippen LogP contribution is -2.29. The maximum atomic E-state index is 12.5. The number of carbonyl (C=O) groups is 1. The molecule has 0 saturated carbocycles. The van der Waals surface area contributed by atoms with E-state index in [1.54, 1.807) is 27.5 Å². The molecule has 3 rings (SSSR count). The first-order chi connectivity index (χ1) is 14.6. The van der Waals surface area contributed by atoms with Crippen molar-refractivity contribution in [3.8, 4) is 22.8 Å². The first-order valence-corrected chi connectivity index (χ1v) is 9.51. The number of methoxy groups -OCH3 is 3. The molecule has 1 heterocycles. The second kappa shape index (κ2) is 10.3. The number of amides is 2. The lowest BCUT2D eigenvalue weighted by molar-refractivity contribution is 0.188. The highest BCUT2D eigenvalue weighted by Gasteiger charge is 2.14. The van der Waals surface area contributed by atoms with E-state index in [1.807, 2.05) is 53.1 Å². The molecular formula is C22H26N4O4. The van der Waals surface area contributed by atoms with Gasteiger partial charge in [0.15, 0.2) is 0 Å². The molecule has 0 bridgehead atoms. The van der Waals surface area contributed by atoms with E-state index in [0.29, 0.717) is 25.6 Å². The molecule has 0 atom stereocenters. The fourth-order valence-corrected chi connectivity index (χ4v) is 3.01. The van der Waals surface area contributed by atoms with Gasteiger partial charge >= 0.3 is 6.03 Å². The molecule has 2 N–H and O–H groups in total. The molecule has 2 amide bonds. The van der Waals surface area contributed by atoms with Crippen molar-refractivity contribution >= 4 is 12.0 Å². The summed E-state index contributed by atoms with van der Waals surface area (Å²) in [5.41, 5.74) is 2.72. The van der Waals surface area contributed by atoms with Gasteiger partial charge in [-0.1, -0.05) is 24.3 Å². The van der Waals surface area contributed by atoms with Crippen LogP contribution >= 0.6 is 0 Å². The fraction of sp³-hybridized carbons (Fsp3) is 0.273. The van der Waals surface area contributed by atoms with Crippen LogP contribution in [0.4, 0.5) is 10.7 Å². The number of urea groups is 1. The first-order valence-electron chi connectivity index (χ1n) is 9.51. The Morgan fingerprint density at radius 1 is 1.03 bits per heavy atom. The SMILES string of the molecule is COCCn1c(-c2cccc(OC)c2)cnc1NC(=O)NCc1cccc(OC)c1. The van der Waals surface area contributed by atoms with Crippen molar-refractivity contribution in [2.75, 3.05) is 33.3 Å². The third kappa shape index (κ3) is 5.30. The van der Waals surface area contributed by atoms with Crippen LogP contribution in [-0.4, -0.2) is 43.5 Å². The summed E-state index contributed by atoms with van der Waals surface area (Å²) in [6, 6.07) is 14.9. The van der Waals surface area contributed by atoms with E-state index in [9.17, 15) is 4.79 Å². The van der Waals surface area contributed by atoms with Crippen LogP contribution in [0, 0.1) is 0 Å². The van der Waals surface area contributed by atoms with Gasteiger partial charge in [0, 0.05) is 25.8 Å². The van der Waals surface area contributed by atoms with Crippen LogP contribution in [0.3, 0.4) is 0 Å². The summed E-state index contributed by atoms with van der Waals surface area (Å²) in [7, 11) is 4.87. The molecule has 8 nitrogen and oxygen atoms in total. The van der Waals surface area contributed by atoms with E-state index >= 15 is 0 Å². The van der Waals surface area contributed by atoms with Gasteiger partial charge in [-0.2, -0.15) is 0 Å². The Morgan fingerprint density at radius 3 is 2.50 bits per heavy atom. The Bertz CT molecular complexity index is 987. The first kappa shape index (κ1) is 21.2. The number of hydrogen-bond acceptors (Lipinski definition) is 5. The van der Waals surface area contributed by atoms with Gasteiger partial charge in [-0.15, -0.1) is 0 Å². The van der Waals surface area contributed by atoms with Gasteiger partial charge < -0.3 is 24.1 Å². The maximum Gasteiger partial charge on any atom is 0.321 e. The number of aromatic nitrogens is 2. The van der Waals surface area contributed by atoms with Gasteiger partial charge in [0.2, 0.25) is 5.95 Å². The molecule has 2 aromatic carbocycles. The number of imidazole rings is 1. The number of benzene rings is 2. The molecule has 158 valence electrons. The Kier molecular flexibility index (Phi) is 7.29. The van der Waals surface area contributed by atoms with Crippen molar-refractivity contribution < 1.29 is 19.0 Å². The molecule has 8 heteroatoms. The maximum absolute atomic E-state index is 12.5. The number of ether oxygens (including phenoxy) is 3. The van der Waals surface area contributed by atoms with Crippen molar-refractivity contribution in [2.24, 2.45) is 0 Å². The third-order valence-corrected chi connectivity index (χ3v) is 4.55. The normalized spacial score (nSPS) is 10.5. The third-order valence-electron chi connectivity index (χ3n) is 4.55. The molecule has 0 unspecified atom stereocenters. The summed E-state index contributed by atoms with van der Waals surface area (Å²) in [6.07, 6.45) is 1.72. The van der Waals surface area contributed by atoms with Crippen LogP contribution < -0.4 is 20.1 Å². The summed E-state index contributed by atoms with van der Waals surface area (Å²) in [5.74, 6) is 1.93. The average Bonchev–Trinajstić information content (AvgIpc) is 3.18. The summed E-state index contributed by atoms with van der Waals surface area (Å²) in [5, 5.41) is 5.66. The summed E-state index contributed by atoms with van der Waals surface area (Å²) >= 11 is 0. The zero-order valence-electron chi connectivity index (χ0n) is 17.3. The van der Waals surface area contributed by atoms with E-state index in [1.165, 1.54) is 0 Å². The Hall–Kier alpha value is -3.52. The Labute approximate surface area is 175 Å². The largest absolute Gasteiger partial charge is 0.497 e. The minimum absolute atomic E-state index is 0.348. The molecule has 3 aromatic rings. The highest BCUT2D eigenvalue weighted by Crippen LogP contribution is 2.26. The van der Waals surface area contributed by atoms with Crippen molar-refractivity contribution in [3.05, 3.63) is 60.3 Å². The van der Waals surface area contributed by atoms with Crippen LogP contribution in [0.2, 0.25) is 0 Å². The molecule has 0 aliphatic rings. The predicted octanol–water partition coefficient (Wildman–Crippen LogP) is 3.54. The fourth-order valence-electron chi connectivity index (χ4n) is 3.01. The van der Waals surface area contributed by atoms with Crippen LogP contribution in [0.25, 0.3) is 11.3 Å². The van der Waals surface area contributed by atoms with Gasteiger partial charge in [0.25, 0.3) is 0 Å². The Balaban J connectivity index is 1.74. The van der Waals surface area contributed by atoms with Crippen LogP contribution in [0.15, 0.2) is 54.7 Å². The predicted molar refractivity (Wildman–Crippen MR) is 115 cm³/mol. The van der Waals surface area contributed by atoms with E-state index in [-0.39, 0.29) is 6.03 Å². The van der Waals surface area contributed by atoms with Gasteiger partial charge in [-0.3, -0.25) is 5.32 Å². The van der Waals surface area contributed by atoms with E-state index < -0.39 is 0 Å². The molecular weight excluding hydrogens is 384 g/mol. The van der Waals surface area contributed by atoms with E-state index in [2.05, 4.69) is 15.6 Å². The van der Waals surface area contributed by atoms with Gasteiger partial charge in [0.05, 0.1) is 32.7 Å². The van der Waals surface area contributed by atoms with E-state index in [0.717, 1.165) is 28.3 Å². The molecule has 0 aliphatic heterocycles. The van der Waals surface area contributed by atoms with Crippen LogP contribution in [-0.2, 0) is 17.8 Å². The molecule has 0 spiro atoms. The average molecular weight is 410 g/mol. The standard InChI is InChI=1S/C22H26N4O4/c1-28-11-10-26-20(17-7-5-9-19(13-17)30-3)15-23-21(26)25-22(27)24-14-16-6-4-8-18(12-16)29-2/h4-9,12-13,15H,10-11,14H2,1-3H3,(H2,23,24,25,27).